The number of aryl methyl sites for hydroxylation is 2. The predicted molar refractivity (Wildman–Crippen MR) is 87.4 cm³/mol. The molecular formula is C18H18F3NO4. The second kappa shape index (κ2) is 7.23. The number of rotatable bonds is 5. The first-order chi connectivity index (χ1) is 12.0. The molecule has 0 amide bonds. The molecule has 0 spiro atoms. The van der Waals surface area contributed by atoms with Gasteiger partial charge in [0, 0.05) is 17.0 Å². The molecule has 0 aliphatic heterocycles. The van der Waals surface area contributed by atoms with E-state index in [1.807, 2.05) is 0 Å². The van der Waals surface area contributed by atoms with Gasteiger partial charge in [0.25, 0.3) is 0 Å². The lowest BCUT2D eigenvalue weighted by Crippen LogP contribution is -2.20. The summed E-state index contributed by atoms with van der Waals surface area (Å²) in [6.45, 7) is 2.76. The van der Waals surface area contributed by atoms with Crippen molar-refractivity contribution in [1.82, 2.24) is 4.57 Å². The van der Waals surface area contributed by atoms with Crippen molar-refractivity contribution in [3.05, 3.63) is 52.3 Å². The number of ether oxygens (including phenoxy) is 1. The van der Waals surface area contributed by atoms with Gasteiger partial charge in [-0.3, -0.25) is 4.79 Å². The molecule has 140 valence electrons. The summed E-state index contributed by atoms with van der Waals surface area (Å²) in [5, 5.41) is 9.74. The van der Waals surface area contributed by atoms with Crippen molar-refractivity contribution in [2.45, 2.75) is 33.5 Å². The van der Waals surface area contributed by atoms with Gasteiger partial charge in [0.2, 0.25) is 5.78 Å². The monoisotopic (exact) mass is 369 g/mol. The first-order valence-electron chi connectivity index (χ1n) is 7.73. The van der Waals surface area contributed by atoms with Gasteiger partial charge in [0.15, 0.2) is 6.61 Å². The Bertz CT molecular complexity index is 853. The number of alkyl halides is 3. The third-order valence-corrected chi connectivity index (χ3v) is 3.92. The topological polar surface area (TPSA) is 68.5 Å². The quantitative estimate of drug-likeness (QED) is 0.644. The molecule has 1 aromatic carbocycles. The SMILES string of the molecule is Cc1ccc(C(=O)OCC(=O)c2cc(C)n(CC(F)(F)F)c2C)c(O)c1. The van der Waals surface area contributed by atoms with E-state index in [0.29, 0.717) is 0 Å². The Morgan fingerprint density at radius 1 is 1.12 bits per heavy atom. The lowest BCUT2D eigenvalue weighted by Gasteiger charge is -2.12. The van der Waals surface area contributed by atoms with Gasteiger partial charge in [-0.1, -0.05) is 6.07 Å². The molecular weight excluding hydrogens is 351 g/mol. The Hall–Kier alpha value is -2.77. The number of nitrogens with zero attached hydrogens (tertiary/aromatic N) is 1. The molecule has 5 nitrogen and oxygen atoms in total. The van der Waals surface area contributed by atoms with Gasteiger partial charge in [-0.05, 0) is 44.5 Å². The zero-order chi connectivity index (χ0) is 19.6. The summed E-state index contributed by atoms with van der Waals surface area (Å²) in [7, 11) is 0. The molecule has 0 saturated carbocycles. The Kier molecular flexibility index (Phi) is 5.44. The minimum atomic E-state index is -4.41. The molecule has 0 radical (unpaired) electrons. The number of carbonyl (C=O) groups is 2. The molecule has 2 aromatic rings. The van der Waals surface area contributed by atoms with Crippen LogP contribution in [0.4, 0.5) is 13.2 Å². The number of esters is 1. The molecule has 0 fully saturated rings. The maximum Gasteiger partial charge on any atom is 0.406 e. The molecule has 1 aromatic heterocycles. The number of phenolic OH excluding ortho intramolecular Hbond substituents is 1. The summed E-state index contributed by atoms with van der Waals surface area (Å²) in [4.78, 5) is 24.2. The summed E-state index contributed by atoms with van der Waals surface area (Å²) < 4.78 is 43.7. The number of halogens is 3. The zero-order valence-corrected chi connectivity index (χ0v) is 14.5. The van der Waals surface area contributed by atoms with E-state index in [9.17, 15) is 27.9 Å². The molecule has 0 bridgehead atoms. The van der Waals surface area contributed by atoms with Crippen LogP contribution in [0.3, 0.4) is 0 Å². The maximum absolute atomic E-state index is 12.6. The van der Waals surface area contributed by atoms with Crippen molar-refractivity contribution >= 4 is 11.8 Å². The van der Waals surface area contributed by atoms with E-state index in [1.54, 1.807) is 13.0 Å². The molecule has 1 N–H and O–H groups in total. The Morgan fingerprint density at radius 3 is 2.35 bits per heavy atom. The van der Waals surface area contributed by atoms with Gasteiger partial charge in [-0.25, -0.2) is 4.79 Å². The van der Waals surface area contributed by atoms with Crippen LogP contribution in [0.15, 0.2) is 24.3 Å². The molecule has 2 rings (SSSR count). The lowest BCUT2D eigenvalue weighted by molar-refractivity contribution is -0.141. The standard InChI is InChI=1S/C18H18F3NO4/c1-10-4-5-13(15(23)6-10)17(25)26-8-16(24)14-7-11(2)22(12(14)3)9-18(19,20)21/h4-7,23H,8-9H2,1-3H3. The highest BCUT2D eigenvalue weighted by Gasteiger charge is 2.30. The summed E-state index contributed by atoms with van der Waals surface area (Å²) in [5.74, 6) is -1.78. The maximum atomic E-state index is 12.6. The van der Waals surface area contributed by atoms with Gasteiger partial charge in [0.1, 0.15) is 17.9 Å². The number of hydrogen-bond acceptors (Lipinski definition) is 4. The number of hydrogen-bond donors (Lipinski definition) is 1. The number of Topliss-reactive ketones (excluding diaryl/α,β-unsaturated/α-hetero) is 1. The van der Waals surface area contributed by atoms with Crippen LogP contribution in [0.2, 0.25) is 0 Å². The van der Waals surface area contributed by atoms with Gasteiger partial charge in [-0.15, -0.1) is 0 Å². The Labute approximate surface area is 148 Å². The first-order valence-corrected chi connectivity index (χ1v) is 7.73. The highest BCUT2D eigenvalue weighted by atomic mass is 19.4. The summed E-state index contributed by atoms with van der Waals surface area (Å²) in [6, 6.07) is 5.68. The van der Waals surface area contributed by atoms with Crippen LogP contribution in [0.25, 0.3) is 0 Å². The van der Waals surface area contributed by atoms with Crippen LogP contribution in [0.1, 0.15) is 37.7 Å². The second-order valence-corrected chi connectivity index (χ2v) is 6.01. The molecule has 0 saturated heterocycles. The van der Waals surface area contributed by atoms with Crippen LogP contribution >= 0.6 is 0 Å². The third-order valence-electron chi connectivity index (χ3n) is 3.92. The third kappa shape index (κ3) is 4.44. The van der Waals surface area contributed by atoms with Crippen molar-refractivity contribution in [3.8, 4) is 5.75 Å². The fraction of sp³-hybridized carbons (Fsp3) is 0.333. The Balaban J connectivity index is 2.11. The Morgan fingerprint density at radius 2 is 1.77 bits per heavy atom. The number of phenols is 1. The summed E-state index contributed by atoms with van der Waals surface area (Å²) in [6.07, 6.45) is -4.41. The molecule has 0 aliphatic carbocycles. The molecule has 8 heteroatoms. The van der Waals surface area contributed by atoms with E-state index < -0.39 is 31.1 Å². The number of benzene rings is 1. The van der Waals surface area contributed by atoms with E-state index >= 15 is 0 Å². The largest absolute Gasteiger partial charge is 0.507 e. The fourth-order valence-corrected chi connectivity index (χ4v) is 2.61. The van der Waals surface area contributed by atoms with Gasteiger partial charge < -0.3 is 14.4 Å². The van der Waals surface area contributed by atoms with Gasteiger partial charge in [0.05, 0.1) is 0 Å². The first kappa shape index (κ1) is 19.6. The average molecular weight is 369 g/mol. The molecule has 26 heavy (non-hydrogen) atoms. The number of ketones is 1. The van der Waals surface area contributed by atoms with E-state index in [4.69, 9.17) is 4.74 Å². The summed E-state index contributed by atoms with van der Waals surface area (Å²) in [5.41, 5.74) is 1.15. The van der Waals surface area contributed by atoms with Gasteiger partial charge in [-0.2, -0.15) is 13.2 Å². The van der Waals surface area contributed by atoms with Crippen molar-refractivity contribution in [1.29, 1.82) is 0 Å². The zero-order valence-electron chi connectivity index (χ0n) is 14.5. The normalized spacial score (nSPS) is 11.5. The van der Waals surface area contributed by atoms with Crippen molar-refractivity contribution < 1.29 is 32.6 Å². The minimum absolute atomic E-state index is 0.0627. The molecule has 0 atom stereocenters. The van der Waals surface area contributed by atoms with E-state index in [-0.39, 0.29) is 28.3 Å². The highest BCUT2D eigenvalue weighted by molar-refractivity contribution is 6.01. The van der Waals surface area contributed by atoms with E-state index in [0.717, 1.165) is 10.1 Å². The minimum Gasteiger partial charge on any atom is -0.507 e. The fourth-order valence-electron chi connectivity index (χ4n) is 2.61. The molecule has 0 aliphatic rings. The molecule has 0 unspecified atom stereocenters. The number of aromatic nitrogens is 1. The highest BCUT2D eigenvalue weighted by Crippen LogP contribution is 2.24. The van der Waals surface area contributed by atoms with Gasteiger partial charge >= 0.3 is 12.1 Å². The van der Waals surface area contributed by atoms with Crippen LogP contribution < -0.4 is 0 Å². The van der Waals surface area contributed by atoms with Crippen LogP contribution in [0, 0.1) is 20.8 Å². The average Bonchev–Trinajstić information content (AvgIpc) is 2.79. The smallest absolute Gasteiger partial charge is 0.406 e. The summed E-state index contributed by atoms with van der Waals surface area (Å²) >= 11 is 0. The molecule has 1 heterocycles. The van der Waals surface area contributed by atoms with Crippen LogP contribution in [-0.2, 0) is 11.3 Å². The lowest BCUT2D eigenvalue weighted by atomic mass is 10.1. The number of carbonyl (C=O) groups excluding carboxylic acids is 2. The predicted octanol–water partition coefficient (Wildman–Crippen LogP) is 3.72. The number of aromatic hydroxyl groups is 1. The van der Waals surface area contributed by atoms with Crippen LogP contribution in [0.5, 0.6) is 5.75 Å². The van der Waals surface area contributed by atoms with E-state index in [2.05, 4.69) is 0 Å². The second-order valence-electron chi connectivity index (χ2n) is 6.01. The van der Waals surface area contributed by atoms with Crippen molar-refractivity contribution in [2.24, 2.45) is 0 Å². The van der Waals surface area contributed by atoms with Crippen molar-refractivity contribution in [2.75, 3.05) is 6.61 Å². The van der Waals surface area contributed by atoms with Crippen LogP contribution in [-0.4, -0.2) is 34.2 Å². The van der Waals surface area contributed by atoms with Crippen molar-refractivity contribution in [3.63, 3.8) is 0 Å². The van der Waals surface area contributed by atoms with E-state index in [1.165, 1.54) is 32.0 Å².